The molecule has 0 aliphatic carbocycles. The highest BCUT2D eigenvalue weighted by Gasteiger charge is 2.23. The number of pyridine rings is 1. The number of imidazole rings is 1. The Hall–Kier alpha value is -4.67. The number of nitrogens with one attached hydrogen (secondary N) is 3. The minimum Gasteiger partial charge on any atom is -0.359 e. The number of hydrogen-bond acceptors (Lipinski definition) is 7. The van der Waals surface area contributed by atoms with E-state index in [2.05, 4.69) is 52.8 Å². The van der Waals surface area contributed by atoms with Gasteiger partial charge in [-0.05, 0) is 44.2 Å². The van der Waals surface area contributed by atoms with E-state index < -0.39 is 0 Å². The topological polar surface area (TPSA) is 143 Å². The summed E-state index contributed by atoms with van der Waals surface area (Å²) in [5, 5.41) is 12.2. The molecule has 0 spiro atoms. The summed E-state index contributed by atoms with van der Waals surface area (Å²) >= 11 is 0. The average molecular weight is 526 g/mol. The summed E-state index contributed by atoms with van der Waals surface area (Å²) in [7, 11) is 1.64. The summed E-state index contributed by atoms with van der Waals surface area (Å²) in [5.41, 5.74) is 3.55. The highest BCUT2D eigenvalue weighted by Crippen LogP contribution is 2.26. The number of aromatic amines is 1. The van der Waals surface area contributed by atoms with Gasteiger partial charge in [-0.2, -0.15) is 10.1 Å². The van der Waals surface area contributed by atoms with E-state index in [0.717, 1.165) is 41.3 Å². The van der Waals surface area contributed by atoms with Crippen molar-refractivity contribution in [2.75, 3.05) is 7.05 Å². The fourth-order valence-corrected chi connectivity index (χ4v) is 4.81. The van der Waals surface area contributed by atoms with Gasteiger partial charge in [0.15, 0.2) is 0 Å². The third-order valence-corrected chi connectivity index (χ3v) is 6.92. The fraction of sp³-hybridized carbons (Fsp3) is 0.321. The van der Waals surface area contributed by atoms with E-state index in [1.165, 1.54) is 6.33 Å². The predicted molar refractivity (Wildman–Crippen MR) is 147 cm³/mol. The van der Waals surface area contributed by atoms with Gasteiger partial charge >= 0.3 is 0 Å². The van der Waals surface area contributed by atoms with Crippen molar-refractivity contribution in [2.45, 2.75) is 52.0 Å². The minimum atomic E-state index is -0.362. The first-order valence-corrected chi connectivity index (χ1v) is 13.0. The van der Waals surface area contributed by atoms with Crippen molar-refractivity contribution in [1.82, 2.24) is 45.2 Å². The number of unbranched alkanes of at least 4 members (excludes halogenated alkanes) is 2. The molecule has 3 N–H and O–H groups in total. The summed E-state index contributed by atoms with van der Waals surface area (Å²) in [5.74, 6) is 0.902. The molecule has 0 saturated carbocycles. The van der Waals surface area contributed by atoms with Crippen LogP contribution in [0.1, 0.15) is 65.7 Å². The van der Waals surface area contributed by atoms with E-state index in [1.807, 2.05) is 25.3 Å². The number of fused-ring (bicyclic) bond motifs is 2. The molecule has 4 aromatic heterocycles. The molecule has 5 rings (SSSR count). The van der Waals surface area contributed by atoms with Crippen molar-refractivity contribution < 1.29 is 9.59 Å². The first-order chi connectivity index (χ1) is 18.9. The van der Waals surface area contributed by atoms with Crippen molar-refractivity contribution in [1.29, 1.82) is 0 Å². The van der Waals surface area contributed by atoms with Crippen molar-refractivity contribution in [3.8, 4) is 11.3 Å². The molecule has 0 bridgehead atoms. The molecule has 0 aliphatic heterocycles. The third-order valence-electron chi connectivity index (χ3n) is 6.92. The zero-order valence-electron chi connectivity index (χ0n) is 22.2. The van der Waals surface area contributed by atoms with Crippen molar-refractivity contribution >= 4 is 28.4 Å². The zero-order chi connectivity index (χ0) is 27.4. The van der Waals surface area contributed by atoms with Crippen LogP contribution in [0.25, 0.3) is 27.8 Å². The van der Waals surface area contributed by atoms with Crippen LogP contribution in [0, 0.1) is 13.8 Å². The van der Waals surface area contributed by atoms with Crippen LogP contribution in [-0.4, -0.2) is 53.4 Å². The molecule has 200 valence electrons. The van der Waals surface area contributed by atoms with Crippen LogP contribution in [0.5, 0.6) is 0 Å². The Morgan fingerprint density at radius 3 is 2.77 bits per heavy atom. The molecule has 4 heterocycles. The van der Waals surface area contributed by atoms with E-state index in [-0.39, 0.29) is 17.9 Å². The number of carbonyl (C=O) groups is 2. The molecule has 11 heteroatoms. The van der Waals surface area contributed by atoms with Gasteiger partial charge in [0.2, 0.25) is 5.91 Å². The summed E-state index contributed by atoms with van der Waals surface area (Å²) < 4.78 is 1.56. The lowest BCUT2D eigenvalue weighted by Crippen LogP contribution is -2.31. The number of aryl methyl sites for hydroxylation is 2. The van der Waals surface area contributed by atoms with Crippen molar-refractivity contribution in [2.24, 2.45) is 0 Å². The molecule has 0 fully saturated rings. The predicted octanol–water partition coefficient (Wildman–Crippen LogP) is 3.85. The highest BCUT2D eigenvalue weighted by atomic mass is 16.2. The molecule has 0 aliphatic rings. The smallest absolute Gasteiger partial charge is 0.255 e. The lowest BCUT2D eigenvalue weighted by atomic mass is 10.0. The van der Waals surface area contributed by atoms with Crippen molar-refractivity contribution in [3.05, 3.63) is 72.0 Å². The molecule has 1 aromatic carbocycles. The number of nitrogens with zero attached hydrogens (tertiary/aromatic N) is 6. The van der Waals surface area contributed by atoms with E-state index >= 15 is 0 Å². The Balaban J connectivity index is 1.39. The second-order valence-corrected chi connectivity index (χ2v) is 9.55. The quantitative estimate of drug-likeness (QED) is 0.235. The normalized spacial score (nSPS) is 12.1. The molecular formula is C28H31N9O2. The lowest BCUT2D eigenvalue weighted by molar-refractivity contribution is -0.120. The van der Waals surface area contributed by atoms with E-state index in [4.69, 9.17) is 0 Å². The Labute approximate surface area is 225 Å². The van der Waals surface area contributed by atoms with Crippen LogP contribution in [0.2, 0.25) is 0 Å². The fourth-order valence-electron chi connectivity index (χ4n) is 4.81. The minimum absolute atomic E-state index is 0.0306. The van der Waals surface area contributed by atoms with Crippen LogP contribution >= 0.6 is 0 Å². The SMILES string of the molecule is CNC(=O)CCCCC[C@H](NC(=O)c1c(C)nc2ncnn2c1C)c1ncc(-c2ccc3ccncc3c2)[nH]1. The Morgan fingerprint density at radius 2 is 1.92 bits per heavy atom. The van der Waals surface area contributed by atoms with Gasteiger partial charge in [0, 0.05) is 36.8 Å². The molecular weight excluding hydrogens is 494 g/mol. The second kappa shape index (κ2) is 11.4. The number of H-pyrrole nitrogens is 1. The molecule has 0 saturated heterocycles. The average Bonchev–Trinajstić information content (AvgIpc) is 3.62. The number of rotatable bonds is 10. The van der Waals surface area contributed by atoms with Gasteiger partial charge in [-0.15, -0.1) is 0 Å². The second-order valence-electron chi connectivity index (χ2n) is 9.55. The molecule has 1 atom stereocenters. The van der Waals surface area contributed by atoms with Gasteiger partial charge in [0.1, 0.15) is 12.2 Å². The Bertz CT molecular complexity index is 1640. The number of carbonyl (C=O) groups excluding carboxylic acids is 2. The van der Waals surface area contributed by atoms with Crippen LogP contribution in [0.4, 0.5) is 0 Å². The van der Waals surface area contributed by atoms with Gasteiger partial charge in [-0.25, -0.2) is 14.5 Å². The number of amides is 2. The van der Waals surface area contributed by atoms with Crippen LogP contribution in [0.15, 0.2) is 49.2 Å². The maximum Gasteiger partial charge on any atom is 0.255 e. The van der Waals surface area contributed by atoms with Gasteiger partial charge in [0.05, 0.1) is 34.9 Å². The summed E-state index contributed by atoms with van der Waals surface area (Å²) in [6.45, 7) is 3.63. The van der Waals surface area contributed by atoms with Gasteiger partial charge in [-0.3, -0.25) is 14.6 Å². The summed E-state index contributed by atoms with van der Waals surface area (Å²) in [6, 6.07) is 7.77. The van der Waals surface area contributed by atoms with E-state index in [9.17, 15) is 9.59 Å². The van der Waals surface area contributed by atoms with Crippen LogP contribution < -0.4 is 10.6 Å². The highest BCUT2D eigenvalue weighted by molar-refractivity contribution is 5.96. The van der Waals surface area contributed by atoms with Crippen molar-refractivity contribution in [3.63, 3.8) is 0 Å². The Kier molecular flexibility index (Phi) is 7.57. The number of aromatic nitrogens is 7. The lowest BCUT2D eigenvalue weighted by Gasteiger charge is -2.18. The largest absolute Gasteiger partial charge is 0.359 e. The molecule has 39 heavy (non-hydrogen) atoms. The first kappa shape index (κ1) is 26.0. The standard InChI is InChI=1S/C28H31N9O2/c1-17-25(18(2)37-28(34-17)32-16-33-37)27(39)36-22(7-5-4-6-8-24(38)29-3)26-31-15-23(35-26)20-10-9-19-11-12-30-14-21(19)13-20/h9-16,22H,4-8H2,1-3H3,(H,29,38)(H,31,35)(H,36,39)/t22-/m0/s1. The Morgan fingerprint density at radius 1 is 1.05 bits per heavy atom. The van der Waals surface area contributed by atoms with Crippen LogP contribution in [0.3, 0.4) is 0 Å². The van der Waals surface area contributed by atoms with Gasteiger partial charge < -0.3 is 15.6 Å². The molecule has 0 unspecified atom stereocenters. The molecule has 2 amide bonds. The molecule has 0 radical (unpaired) electrons. The number of benzene rings is 1. The maximum absolute atomic E-state index is 13.6. The van der Waals surface area contributed by atoms with Gasteiger partial charge in [0.25, 0.3) is 11.7 Å². The third kappa shape index (κ3) is 5.62. The molecule has 11 nitrogen and oxygen atoms in total. The molecule has 5 aromatic rings. The monoisotopic (exact) mass is 525 g/mol. The van der Waals surface area contributed by atoms with E-state index in [0.29, 0.717) is 41.4 Å². The van der Waals surface area contributed by atoms with Gasteiger partial charge in [-0.1, -0.05) is 25.0 Å². The number of hydrogen-bond donors (Lipinski definition) is 3. The summed E-state index contributed by atoms with van der Waals surface area (Å²) in [4.78, 5) is 46.0. The maximum atomic E-state index is 13.6. The zero-order valence-corrected chi connectivity index (χ0v) is 22.2. The summed E-state index contributed by atoms with van der Waals surface area (Å²) in [6.07, 6.45) is 10.4. The van der Waals surface area contributed by atoms with E-state index in [1.54, 1.807) is 30.9 Å². The first-order valence-electron chi connectivity index (χ1n) is 13.0. The van der Waals surface area contributed by atoms with Crippen LogP contribution in [-0.2, 0) is 4.79 Å².